The van der Waals surface area contributed by atoms with Crippen LogP contribution in [0.5, 0.6) is 0 Å². The topological polar surface area (TPSA) is 101 Å². The van der Waals surface area contributed by atoms with E-state index in [4.69, 9.17) is 5.73 Å². The van der Waals surface area contributed by atoms with E-state index in [9.17, 15) is 14.4 Å². The number of aromatic amines is 1. The lowest BCUT2D eigenvalue weighted by molar-refractivity contribution is -0.116. The molecule has 1 heterocycles. The summed E-state index contributed by atoms with van der Waals surface area (Å²) in [7, 11) is 0. The summed E-state index contributed by atoms with van der Waals surface area (Å²) in [6.45, 7) is 8.91. The lowest BCUT2D eigenvalue weighted by Gasteiger charge is -2.24. The van der Waals surface area contributed by atoms with Crippen molar-refractivity contribution in [3.05, 3.63) is 50.2 Å². The number of nitrogens with two attached hydrogens (primary N) is 1. The van der Waals surface area contributed by atoms with E-state index in [-0.39, 0.29) is 23.2 Å². The number of hydrogen-bond donors (Lipinski definition) is 2. The zero-order chi connectivity index (χ0) is 23.0. The molecule has 0 bridgehead atoms. The number of carbonyl (C=O) groups is 1. The second-order valence-corrected chi connectivity index (χ2v) is 8.83. The average Bonchev–Trinajstić information content (AvgIpc) is 2.72. The first-order chi connectivity index (χ1) is 14.8. The second kappa shape index (κ2) is 11.8. The molecule has 0 atom stereocenters. The Bertz CT molecular complexity index is 1010. The van der Waals surface area contributed by atoms with Gasteiger partial charge in [0.05, 0.1) is 5.75 Å². The number of rotatable bonds is 11. The fourth-order valence-corrected chi connectivity index (χ4v) is 4.34. The van der Waals surface area contributed by atoms with Gasteiger partial charge in [-0.15, -0.1) is 11.8 Å². The van der Waals surface area contributed by atoms with Crippen LogP contribution >= 0.6 is 11.8 Å². The van der Waals surface area contributed by atoms with E-state index in [1.807, 2.05) is 32.9 Å². The molecule has 1 aromatic carbocycles. The number of aryl methyl sites for hydroxylation is 2. The van der Waals surface area contributed by atoms with E-state index < -0.39 is 11.2 Å². The van der Waals surface area contributed by atoms with Gasteiger partial charge in [-0.25, -0.2) is 4.79 Å². The summed E-state index contributed by atoms with van der Waals surface area (Å²) < 4.78 is 1.36. The first kappa shape index (κ1) is 24.8. The van der Waals surface area contributed by atoms with Crippen LogP contribution in [0.1, 0.15) is 57.1 Å². The number of nitrogens with one attached hydrogen (secondary N) is 1. The minimum Gasteiger partial charge on any atom is -0.383 e. The molecule has 170 valence electrons. The summed E-state index contributed by atoms with van der Waals surface area (Å²) in [5.74, 6) is 0.0484. The van der Waals surface area contributed by atoms with Gasteiger partial charge >= 0.3 is 5.69 Å². The van der Waals surface area contributed by atoms with Crippen LogP contribution in [0.2, 0.25) is 0 Å². The van der Waals surface area contributed by atoms with Crippen molar-refractivity contribution in [1.29, 1.82) is 0 Å². The van der Waals surface area contributed by atoms with Gasteiger partial charge < -0.3 is 10.6 Å². The van der Waals surface area contributed by atoms with Crippen molar-refractivity contribution in [1.82, 2.24) is 9.55 Å². The van der Waals surface area contributed by atoms with Gasteiger partial charge in [0.15, 0.2) is 5.69 Å². The molecule has 0 unspecified atom stereocenters. The predicted octanol–water partition coefficient (Wildman–Crippen LogP) is 3.85. The molecule has 0 aliphatic carbocycles. The van der Waals surface area contributed by atoms with Crippen LogP contribution in [0.3, 0.4) is 0 Å². The van der Waals surface area contributed by atoms with E-state index in [2.05, 4.69) is 18.0 Å². The summed E-state index contributed by atoms with van der Waals surface area (Å²) in [6.07, 6.45) is 4.31. The first-order valence-electron chi connectivity index (χ1n) is 10.9. The fourth-order valence-electron chi connectivity index (χ4n) is 3.34. The predicted molar refractivity (Wildman–Crippen MR) is 129 cm³/mol. The van der Waals surface area contributed by atoms with Crippen LogP contribution in [0, 0.1) is 13.8 Å². The average molecular weight is 447 g/mol. The zero-order valence-corrected chi connectivity index (χ0v) is 19.8. The van der Waals surface area contributed by atoms with Gasteiger partial charge in [0.2, 0.25) is 5.91 Å². The molecule has 1 aromatic heterocycles. The maximum atomic E-state index is 13.2. The number of thioether (sulfide) groups is 1. The van der Waals surface area contributed by atoms with Gasteiger partial charge in [0.25, 0.3) is 5.56 Å². The van der Waals surface area contributed by atoms with Crippen molar-refractivity contribution >= 4 is 29.2 Å². The minimum atomic E-state index is -0.614. The van der Waals surface area contributed by atoms with Crippen LogP contribution < -0.4 is 21.9 Å². The van der Waals surface area contributed by atoms with Crippen LogP contribution in [-0.4, -0.2) is 27.8 Å². The number of aromatic nitrogens is 2. The van der Waals surface area contributed by atoms with Gasteiger partial charge in [0.1, 0.15) is 5.82 Å². The Morgan fingerprint density at radius 2 is 1.84 bits per heavy atom. The van der Waals surface area contributed by atoms with Crippen molar-refractivity contribution in [2.45, 2.75) is 71.2 Å². The van der Waals surface area contributed by atoms with Gasteiger partial charge in [0, 0.05) is 18.0 Å². The third-order valence-corrected chi connectivity index (χ3v) is 6.34. The smallest absolute Gasteiger partial charge is 0.330 e. The lowest BCUT2D eigenvalue weighted by Crippen LogP contribution is -2.42. The quantitative estimate of drug-likeness (QED) is 0.403. The molecular weight excluding hydrogens is 412 g/mol. The summed E-state index contributed by atoms with van der Waals surface area (Å²) in [5, 5.41) is 0. The molecule has 31 heavy (non-hydrogen) atoms. The number of nitrogen functional groups attached to an aromatic ring is 1. The Balaban J connectivity index is 2.37. The third-order valence-electron chi connectivity index (χ3n) is 5.20. The molecule has 2 rings (SSSR count). The largest absolute Gasteiger partial charge is 0.383 e. The summed E-state index contributed by atoms with van der Waals surface area (Å²) >= 11 is 1.45. The van der Waals surface area contributed by atoms with Crippen LogP contribution in [0.25, 0.3) is 0 Å². The molecule has 0 spiro atoms. The van der Waals surface area contributed by atoms with Gasteiger partial charge in [-0.3, -0.25) is 19.1 Å². The highest BCUT2D eigenvalue weighted by Gasteiger charge is 2.24. The Morgan fingerprint density at radius 3 is 2.52 bits per heavy atom. The SMILES string of the molecule is CCCCCN(C(=O)CSc1cc(C)ccc1C)c1c(N)n(CCCC)c(=O)[nH]c1=O. The van der Waals surface area contributed by atoms with Crippen molar-refractivity contribution in [2.24, 2.45) is 0 Å². The molecule has 3 N–H and O–H groups in total. The Kier molecular flexibility index (Phi) is 9.43. The Morgan fingerprint density at radius 1 is 1.13 bits per heavy atom. The van der Waals surface area contributed by atoms with Crippen molar-refractivity contribution in [3.8, 4) is 0 Å². The molecule has 0 fully saturated rings. The molecule has 0 saturated carbocycles. The first-order valence-corrected chi connectivity index (χ1v) is 11.9. The zero-order valence-electron chi connectivity index (χ0n) is 19.0. The summed E-state index contributed by atoms with van der Waals surface area (Å²) in [4.78, 5) is 43.0. The number of carbonyl (C=O) groups excluding carboxylic acids is 1. The molecule has 0 radical (unpaired) electrons. The van der Waals surface area contributed by atoms with E-state index in [1.54, 1.807) is 0 Å². The van der Waals surface area contributed by atoms with Crippen LogP contribution in [0.4, 0.5) is 11.5 Å². The van der Waals surface area contributed by atoms with E-state index in [1.165, 1.54) is 21.2 Å². The van der Waals surface area contributed by atoms with E-state index in [0.717, 1.165) is 48.1 Å². The maximum absolute atomic E-state index is 13.2. The molecule has 8 heteroatoms. The molecule has 0 saturated heterocycles. The number of benzene rings is 1. The minimum absolute atomic E-state index is 0.0591. The van der Waals surface area contributed by atoms with Crippen LogP contribution in [-0.2, 0) is 11.3 Å². The maximum Gasteiger partial charge on any atom is 0.330 e. The molecule has 1 amide bonds. The number of anilines is 2. The number of amides is 1. The normalized spacial score (nSPS) is 11.0. The number of unbranched alkanes of at least 4 members (excludes halogenated alkanes) is 3. The molecular formula is C23H34N4O3S. The molecule has 2 aromatic rings. The highest BCUT2D eigenvalue weighted by molar-refractivity contribution is 8.00. The lowest BCUT2D eigenvalue weighted by atomic mass is 10.2. The second-order valence-electron chi connectivity index (χ2n) is 7.81. The highest BCUT2D eigenvalue weighted by Crippen LogP contribution is 2.25. The van der Waals surface area contributed by atoms with Crippen molar-refractivity contribution in [3.63, 3.8) is 0 Å². The van der Waals surface area contributed by atoms with Crippen molar-refractivity contribution < 1.29 is 4.79 Å². The molecule has 0 aliphatic rings. The third kappa shape index (κ3) is 6.50. The van der Waals surface area contributed by atoms with Crippen LogP contribution in [0.15, 0.2) is 32.7 Å². The summed E-state index contributed by atoms with van der Waals surface area (Å²) in [5.41, 5.74) is 7.43. The van der Waals surface area contributed by atoms with Gasteiger partial charge in [-0.1, -0.05) is 50.8 Å². The number of hydrogen-bond acceptors (Lipinski definition) is 5. The van der Waals surface area contributed by atoms with Gasteiger partial charge in [-0.2, -0.15) is 0 Å². The molecule has 7 nitrogen and oxygen atoms in total. The highest BCUT2D eigenvalue weighted by atomic mass is 32.2. The summed E-state index contributed by atoms with van der Waals surface area (Å²) in [6, 6.07) is 6.13. The van der Waals surface area contributed by atoms with E-state index in [0.29, 0.717) is 13.1 Å². The fraction of sp³-hybridized carbons (Fsp3) is 0.522. The molecule has 0 aliphatic heterocycles. The number of H-pyrrole nitrogens is 1. The monoisotopic (exact) mass is 446 g/mol. The van der Waals surface area contributed by atoms with Crippen molar-refractivity contribution in [2.75, 3.05) is 22.9 Å². The standard InChI is InChI=1S/C23H34N4O3S/c1-5-7-9-13-26(19(28)15-31-18-14-16(3)10-11-17(18)4)20-21(24)27(12-8-6-2)23(30)25-22(20)29/h10-11,14H,5-9,12-13,15,24H2,1-4H3,(H,25,29,30). The Hall–Kier alpha value is -2.48. The Labute approximate surface area is 188 Å². The van der Waals surface area contributed by atoms with E-state index >= 15 is 0 Å². The van der Waals surface area contributed by atoms with Gasteiger partial charge in [-0.05, 0) is 38.3 Å². The number of nitrogens with zero attached hydrogens (tertiary/aromatic N) is 2.